The summed E-state index contributed by atoms with van der Waals surface area (Å²) in [5.41, 5.74) is 5.33. The molecule has 0 aliphatic carbocycles. The van der Waals surface area contributed by atoms with Gasteiger partial charge < -0.3 is 10.6 Å². The molecule has 0 saturated carbocycles. The van der Waals surface area contributed by atoms with Gasteiger partial charge in [0.1, 0.15) is 5.69 Å². The summed E-state index contributed by atoms with van der Waals surface area (Å²) < 4.78 is 0. The van der Waals surface area contributed by atoms with E-state index in [1.807, 2.05) is 6.92 Å². The third kappa shape index (κ3) is 2.90. The van der Waals surface area contributed by atoms with E-state index in [0.717, 1.165) is 6.42 Å². The molecule has 0 saturated heterocycles. The van der Waals surface area contributed by atoms with Crippen molar-refractivity contribution in [3.05, 3.63) is 28.2 Å². The molecule has 0 aliphatic rings. The Morgan fingerprint density at radius 2 is 2.31 bits per heavy atom. The van der Waals surface area contributed by atoms with Crippen LogP contribution in [0.3, 0.4) is 0 Å². The molecule has 16 heavy (non-hydrogen) atoms. The number of carbonyl (C=O) groups excluding carboxylic acids is 1. The first-order valence-electron chi connectivity index (χ1n) is 5.09. The third-order valence-electron chi connectivity index (χ3n) is 2.46. The number of nitrogens with two attached hydrogens (primary N) is 1. The summed E-state index contributed by atoms with van der Waals surface area (Å²) in [5.74, 6) is -0.225. The van der Waals surface area contributed by atoms with Crippen LogP contribution in [-0.2, 0) is 0 Å². The lowest BCUT2D eigenvalue weighted by atomic mass is 10.2. The Hall–Kier alpha value is -1.69. The number of hydrogen-bond donors (Lipinski definition) is 2. The van der Waals surface area contributed by atoms with Gasteiger partial charge in [-0.05, 0) is 26.0 Å². The second-order valence-corrected chi connectivity index (χ2v) is 3.65. The van der Waals surface area contributed by atoms with E-state index in [4.69, 9.17) is 5.73 Å². The minimum Gasteiger partial charge on any atom is -0.338 e. The van der Waals surface area contributed by atoms with Gasteiger partial charge in [-0.25, -0.2) is 5.10 Å². The zero-order valence-corrected chi connectivity index (χ0v) is 9.43. The van der Waals surface area contributed by atoms with Crippen LogP contribution in [0.15, 0.2) is 16.9 Å². The van der Waals surface area contributed by atoms with Gasteiger partial charge in [0.2, 0.25) is 0 Å². The molecule has 3 N–H and O–H groups in total. The fourth-order valence-electron chi connectivity index (χ4n) is 1.28. The molecule has 0 fully saturated rings. The van der Waals surface area contributed by atoms with E-state index in [1.54, 1.807) is 11.9 Å². The average Bonchev–Trinajstić information content (AvgIpc) is 2.28. The van der Waals surface area contributed by atoms with Crippen LogP contribution in [-0.4, -0.2) is 40.6 Å². The van der Waals surface area contributed by atoms with Gasteiger partial charge >= 0.3 is 0 Å². The fraction of sp³-hybridized carbons (Fsp3) is 0.500. The Labute approximate surface area is 93.5 Å². The van der Waals surface area contributed by atoms with Gasteiger partial charge in [0, 0.05) is 19.2 Å². The molecule has 6 nitrogen and oxygen atoms in total. The first-order chi connectivity index (χ1) is 7.56. The standard InChI is InChI=1S/C10H16N4O2/c1-7(5-6-11)14(2)10(16)8-3-4-9(15)13-12-8/h3-4,7H,5-6,11H2,1-2H3,(H,13,15). The number of nitrogens with zero attached hydrogens (tertiary/aromatic N) is 2. The quantitative estimate of drug-likeness (QED) is 0.726. The lowest BCUT2D eigenvalue weighted by Gasteiger charge is -2.23. The maximum Gasteiger partial charge on any atom is 0.274 e. The van der Waals surface area contributed by atoms with E-state index >= 15 is 0 Å². The van der Waals surface area contributed by atoms with Crippen LogP contribution in [0.2, 0.25) is 0 Å². The number of hydrogen-bond acceptors (Lipinski definition) is 4. The van der Waals surface area contributed by atoms with Crippen LogP contribution < -0.4 is 11.3 Å². The van der Waals surface area contributed by atoms with E-state index in [1.165, 1.54) is 12.1 Å². The smallest absolute Gasteiger partial charge is 0.274 e. The van der Waals surface area contributed by atoms with Crippen LogP contribution in [0.1, 0.15) is 23.8 Å². The van der Waals surface area contributed by atoms with Gasteiger partial charge in [0.05, 0.1) is 0 Å². The van der Waals surface area contributed by atoms with Crippen LogP contribution in [0.4, 0.5) is 0 Å². The monoisotopic (exact) mass is 224 g/mol. The van der Waals surface area contributed by atoms with Gasteiger partial charge in [-0.3, -0.25) is 9.59 Å². The van der Waals surface area contributed by atoms with Crippen molar-refractivity contribution >= 4 is 5.91 Å². The first-order valence-corrected chi connectivity index (χ1v) is 5.09. The minimum absolute atomic E-state index is 0.0474. The second kappa shape index (κ2) is 5.41. The fourth-order valence-corrected chi connectivity index (χ4v) is 1.28. The number of nitrogens with one attached hydrogen (secondary N) is 1. The molecule has 1 heterocycles. The van der Waals surface area contributed by atoms with Crippen LogP contribution >= 0.6 is 0 Å². The largest absolute Gasteiger partial charge is 0.338 e. The zero-order chi connectivity index (χ0) is 12.1. The molecule has 1 aromatic rings. The summed E-state index contributed by atoms with van der Waals surface area (Å²) >= 11 is 0. The van der Waals surface area contributed by atoms with Crippen molar-refractivity contribution in [1.82, 2.24) is 15.1 Å². The van der Waals surface area contributed by atoms with Gasteiger partial charge in [-0.2, -0.15) is 5.10 Å². The van der Waals surface area contributed by atoms with Gasteiger partial charge in [0.15, 0.2) is 0 Å². The van der Waals surface area contributed by atoms with Crippen molar-refractivity contribution in [3.8, 4) is 0 Å². The Balaban J connectivity index is 2.77. The van der Waals surface area contributed by atoms with Crippen LogP contribution in [0.25, 0.3) is 0 Å². The summed E-state index contributed by atoms with van der Waals surface area (Å²) in [4.78, 5) is 24.2. The number of aromatic nitrogens is 2. The number of rotatable bonds is 4. The second-order valence-electron chi connectivity index (χ2n) is 3.65. The van der Waals surface area contributed by atoms with E-state index in [-0.39, 0.29) is 23.2 Å². The van der Waals surface area contributed by atoms with Crippen molar-refractivity contribution in [2.45, 2.75) is 19.4 Å². The Morgan fingerprint density at radius 1 is 1.62 bits per heavy atom. The number of amides is 1. The highest BCUT2D eigenvalue weighted by Gasteiger charge is 2.17. The minimum atomic E-state index is -0.325. The molecule has 1 amide bonds. The molecular formula is C10H16N4O2. The SMILES string of the molecule is CC(CCN)N(C)C(=O)c1ccc(=O)[nH]n1. The molecule has 0 radical (unpaired) electrons. The summed E-state index contributed by atoms with van der Waals surface area (Å²) in [6.45, 7) is 2.44. The molecule has 6 heteroatoms. The molecule has 0 spiro atoms. The maximum absolute atomic E-state index is 11.9. The van der Waals surface area contributed by atoms with Crippen molar-refractivity contribution in [2.24, 2.45) is 5.73 Å². The predicted octanol–water partition coefficient (Wildman–Crippen LogP) is -0.421. The Kier molecular flexibility index (Phi) is 4.19. The zero-order valence-electron chi connectivity index (χ0n) is 9.43. The van der Waals surface area contributed by atoms with Gasteiger partial charge in [0.25, 0.3) is 11.5 Å². The summed E-state index contributed by atoms with van der Waals surface area (Å²) in [6, 6.07) is 2.74. The summed E-state index contributed by atoms with van der Waals surface area (Å²) in [5, 5.41) is 5.91. The molecule has 1 atom stereocenters. The average molecular weight is 224 g/mol. The molecular weight excluding hydrogens is 208 g/mol. The van der Waals surface area contributed by atoms with E-state index in [0.29, 0.717) is 6.54 Å². The molecule has 0 aliphatic heterocycles. The highest BCUT2D eigenvalue weighted by molar-refractivity contribution is 5.92. The molecule has 88 valence electrons. The molecule has 0 bridgehead atoms. The summed E-state index contributed by atoms with van der Waals surface area (Å²) in [7, 11) is 1.69. The highest BCUT2D eigenvalue weighted by Crippen LogP contribution is 2.04. The van der Waals surface area contributed by atoms with E-state index < -0.39 is 0 Å². The predicted molar refractivity (Wildman–Crippen MR) is 60.1 cm³/mol. The van der Waals surface area contributed by atoms with Crippen molar-refractivity contribution < 1.29 is 4.79 Å². The molecule has 1 rings (SSSR count). The van der Waals surface area contributed by atoms with E-state index in [2.05, 4.69) is 10.2 Å². The maximum atomic E-state index is 11.9. The number of carbonyl (C=O) groups is 1. The van der Waals surface area contributed by atoms with Gasteiger partial charge in [-0.1, -0.05) is 0 Å². The van der Waals surface area contributed by atoms with Crippen LogP contribution in [0.5, 0.6) is 0 Å². The van der Waals surface area contributed by atoms with Crippen molar-refractivity contribution in [1.29, 1.82) is 0 Å². The first kappa shape index (κ1) is 12.4. The molecule has 1 aromatic heterocycles. The lowest BCUT2D eigenvalue weighted by Crippen LogP contribution is -2.37. The van der Waals surface area contributed by atoms with Crippen LogP contribution in [0, 0.1) is 0 Å². The highest BCUT2D eigenvalue weighted by atomic mass is 16.2. The topological polar surface area (TPSA) is 92.1 Å². The third-order valence-corrected chi connectivity index (χ3v) is 2.46. The van der Waals surface area contributed by atoms with Crippen molar-refractivity contribution in [3.63, 3.8) is 0 Å². The van der Waals surface area contributed by atoms with Gasteiger partial charge in [-0.15, -0.1) is 0 Å². The molecule has 0 aromatic carbocycles. The molecule has 1 unspecified atom stereocenters. The normalized spacial score (nSPS) is 12.2. The Morgan fingerprint density at radius 3 is 2.81 bits per heavy atom. The van der Waals surface area contributed by atoms with E-state index in [9.17, 15) is 9.59 Å². The Bertz CT molecular complexity index is 395. The van der Waals surface area contributed by atoms with Crippen molar-refractivity contribution in [2.75, 3.05) is 13.6 Å². The number of aromatic amines is 1. The lowest BCUT2D eigenvalue weighted by molar-refractivity contribution is 0.0732. The summed E-state index contributed by atoms with van der Waals surface area (Å²) in [6.07, 6.45) is 0.728. The number of H-pyrrole nitrogens is 1.